The molecule has 6 atom stereocenters. The molecule has 0 unspecified atom stereocenters. The smallest absolute Gasteiger partial charge is 0.408 e. The van der Waals surface area contributed by atoms with E-state index in [4.69, 9.17) is 4.74 Å². The minimum absolute atomic E-state index is 0.0116. The molecule has 0 aliphatic heterocycles. The lowest BCUT2D eigenvalue weighted by molar-refractivity contribution is -0.150. The summed E-state index contributed by atoms with van der Waals surface area (Å²) in [5.41, 5.74) is -2.54. The second-order valence-electron chi connectivity index (χ2n) is 8.76. The number of aromatic amines is 1. The lowest BCUT2D eigenvalue weighted by atomic mass is 9.89. The van der Waals surface area contributed by atoms with Crippen LogP contribution in [0.3, 0.4) is 0 Å². The monoisotopic (exact) mass is 455 g/mol. The molecule has 2 aliphatic carbocycles. The van der Waals surface area contributed by atoms with Crippen LogP contribution < -0.4 is 10.6 Å². The fourth-order valence-corrected chi connectivity index (χ4v) is 5.49. The van der Waals surface area contributed by atoms with Crippen molar-refractivity contribution in [3.05, 3.63) is 6.33 Å². The molecule has 0 saturated heterocycles. The Balaban J connectivity index is 1.76. The molecule has 0 aromatic carbocycles. The van der Waals surface area contributed by atoms with Crippen molar-refractivity contribution in [1.29, 1.82) is 0 Å². The fraction of sp³-hybridized carbons (Fsp3) is 0.667. The predicted octanol–water partition coefficient (Wildman–Crippen LogP) is 0.469. The number of nitrogens with zero attached hydrogens (tertiary/aromatic N) is 2. The molecule has 1 aromatic heterocycles. The van der Waals surface area contributed by atoms with E-state index in [2.05, 4.69) is 25.8 Å². The Hall–Kier alpha value is -2.83. The number of alkyl carbamates (subject to hydrolysis) is 1. The van der Waals surface area contributed by atoms with Gasteiger partial charge in [0.15, 0.2) is 5.16 Å². The zero-order chi connectivity index (χ0) is 23.1. The first-order valence-corrected chi connectivity index (χ1v) is 10.5. The molecule has 1 heterocycles. The summed E-state index contributed by atoms with van der Waals surface area (Å²) in [7, 11) is 0. The van der Waals surface area contributed by atoms with E-state index in [1.54, 1.807) is 20.8 Å². The zero-order valence-electron chi connectivity index (χ0n) is 17.4. The molecule has 1 aromatic rings. The van der Waals surface area contributed by atoms with Gasteiger partial charge in [-0.2, -0.15) is 0 Å². The number of rotatable bonds is 7. The van der Waals surface area contributed by atoms with Crippen LogP contribution in [0.1, 0.15) is 34.1 Å². The summed E-state index contributed by atoms with van der Waals surface area (Å²) in [4.78, 5) is 51.5. The Bertz CT molecular complexity index is 886. The maximum atomic E-state index is 12.7. The number of aromatic nitrogens is 3. The average molecular weight is 455 g/mol. The summed E-state index contributed by atoms with van der Waals surface area (Å²) in [5, 5.41) is 32.0. The van der Waals surface area contributed by atoms with Crippen molar-refractivity contribution in [2.45, 2.75) is 61.7 Å². The van der Waals surface area contributed by atoms with E-state index in [-0.39, 0.29) is 6.42 Å². The number of carboxylic acids is 2. The number of carbonyl (C=O) groups is 4. The maximum absolute atomic E-state index is 12.7. The van der Waals surface area contributed by atoms with Gasteiger partial charge in [-0.3, -0.25) is 9.59 Å². The van der Waals surface area contributed by atoms with Gasteiger partial charge >= 0.3 is 18.0 Å². The summed E-state index contributed by atoms with van der Waals surface area (Å²) in [5.74, 6) is -5.30. The zero-order valence-corrected chi connectivity index (χ0v) is 18.2. The summed E-state index contributed by atoms with van der Waals surface area (Å²) in [6.07, 6.45) is 0.557. The summed E-state index contributed by atoms with van der Waals surface area (Å²) < 4.78 is 5.11. The summed E-state index contributed by atoms with van der Waals surface area (Å²) in [6, 6.07) is -1.09. The Morgan fingerprint density at radius 2 is 2.00 bits per heavy atom. The Kier molecular flexibility index (Phi) is 5.91. The Morgan fingerprint density at radius 1 is 1.32 bits per heavy atom. The van der Waals surface area contributed by atoms with Gasteiger partial charge in [-0.15, -0.1) is 10.2 Å². The minimum atomic E-state index is -1.77. The molecule has 0 radical (unpaired) electrons. The third kappa shape index (κ3) is 4.60. The van der Waals surface area contributed by atoms with Crippen LogP contribution in [0.2, 0.25) is 0 Å². The second kappa shape index (κ2) is 8.02. The van der Waals surface area contributed by atoms with E-state index in [1.807, 2.05) is 0 Å². The molecule has 31 heavy (non-hydrogen) atoms. The van der Waals surface area contributed by atoms with Gasteiger partial charge in [0, 0.05) is 11.2 Å². The number of carboxylic acid groups (broad SMARTS) is 2. The lowest BCUT2D eigenvalue weighted by Gasteiger charge is -2.31. The van der Waals surface area contributed by atoms with Gasteiger partial charge < -0.3 is 30.6 Å². The highest BCUT2D eigenvalue weighted by molar-refractivity contribution is 7.99. The largest absolute Gasteiger partial charge is 0.481 e. The van der Waals surface area contributed by atoms with E-state index in [0.29, 0.717) is 5.16 Å². The van der Waals surface area contributed by atoms with E-state index in [1.165, 1.54) is 25.0 Å². The second-order valence-corrected chi connectivity index (χ2v) is 9.98. The molecule has 3 rings (SSSR count). The number of hydrogen-bond acceptors (Lipinski definition) is 8. The number of ether oxygens (including phenoxy) is 1. The van der Waals surface area contributed by atoms with Crippen molar-refractivity contribution in [3.63, 3.8) is 0 Å². The number of hydrogen-bond donors (Lipinski definition) is 5. The van der Waals surface area contributed by atoms with Crippen molar-refractivity contribution < 1.29 is 34.1 Å². The van der Waals surface area contributed by atoms with Gasteiger partial charge in [-0.25, -0.2) is 9.59 Å². The van der Waals surface area contributed by atoms with Crippen LogP contribution in [0, 0.1) is 17.8 Å². The van der Waals surface area contributed by atoms with Gasteiger partial charge in [0.2, 0.25) is 5.91 Å². The van der Waals surface area contributed by atoms with Crippen molar-refractivity contribution in [3.8, 4) is 0 Å². The highest BCUT2D eigenvalue weighted by Gasteiger charge is 2.75. The van der Waals surface area contributed by atoms with Crippen LogP contribution >= 0.6 is 11.8 Å². The number of fused-ring (bicyclic) bond motifs is 1. The SMILES string of the molecule is C[C@H](NC(=O)OC(C)(C)C)C(=O)N[C@@]1(C(=O)O)C[C@H](Sc2nnc[nH]2)[C@H]2[C@H](C(=O)O)[C@H]21. The summed E-state index contributed by atoms with van der Waals surface area (Å²) in [6.45, 7) is 6.40. The van der Waals surface area contributed by atoms with Gasteiger partial charge in [-0.05, 0) is 40.0 Å². The third-order valence-corrected chi connectivity index (χ3v) is 6.60. The van der Waals surface area contributed by atoms with Crippen LogP contribution in [-0.2, 0) is 19.1 Å². The Labute approximate surface area is 181 Å². The highest BCUT2D eigenvalue weighted by Crippen LogP contribution is 2.65. The molecule has 0 bridgehead atoms. The first-order valence-electron chi connectivity index (χ1n) is 9.66. The molecule has 5 N–H and O–H groups in total. The summed E-state index contributed by atoms with van der Waals surface area (Å²) >= 11 is 1.20. The van der Waals surface area contributed by atoms with Crippen molar-refractivity contribution >= 4 is 35.7 Å². The van der Waals surface area contributed by atoms with Gasteiger partial charge in [-0.1, -0.05) is 11.8 Å². The van der Waals surface area contributed by atoms with Crippen LogP contribution in [0.15, 0.2) is 11.5 Å². The standard InChI is InChI=1S/C18H25N5O7S/c1-7(21-16(29)30-17(2,3)4)12(24)22-18(14(27)28)5-8(31-15-19-6-20-23-15)9-10(11(9)18)13(25)26/h6-11H,5H2,1-4H3,(H,21,29)(H,22,24)(H,25,26)(H,27,28)(H,19,20,23)/t7-,8-,9-,10-,11-,18-/m0/s1. The van der Waals surface area contributed by atoms with Crippen molar-refractivity contribution in [2.75, 3.05) is 0 Å². The van der Waals surface area contributed by atoms with Crippen LogP contribution in [0.4, 0.5) is 4.79 Å². The van der Waals surface area contributed by atoms with E-state index in [9.17, 15) is 29.4 Å². The fourth-order valence-electron chi connectivity index (χ4n) is 4.15. The van der Waals surface area contributed by atoms with Gasteiger partial charge in [0.25, 0.3) is 0 Å². The first kappa shape index (κ1) is 22.8. The number of thioether (sulfide) groups is 1. The predicted molar refractivity (Wildman–Crippen MR) is 106 cm³/mol. The van der Waals surface area contributed by atoms with Crippen molar-refractivity contribution in [1.82, 2.24) is 25.8 Å². The molecule has 170 valence electrons. The Morgan fingerprint density at radius 3 is 2.52 bits per heavy atom. The number of aliphatic carboxylic acids is 2. The van der Waals surface area contributed by atoms with Crippen LogP contribution in [0.5, 0.6) is 0 Å². The highest BCUT2D eigenvalue weighted by atomic mass is 32.2. The number of amides is 2. The molecule has 12 nitrogen and oxygen atoms in total. The lowest BCUT2D eigenvalue weighted by Crippen LogP contribution is -2.60. The third-order valence-electron chi connectivity index (χ3n) is 5.39. The first-order chi connectivity index (χ1) is 14.4. The average Bonchev–Trinajstić information content (AvgIpc) is 3.03. The van der Waals surface area contributed by atoms with Crippen LogP contribution in [0.25, 0.3) is 0 Å². The molecule has 2 saturated carbocycles. The molecular formula is C18H25N5O7S. The van der Waals surface area contributed by atoms with E-state index >= 15 is 0 Å². The maximum Gasteiger partial charge on any atom is 0.408 e. The number of H-pyrrole nitrogens is 1. The quantitative estimate of drug-likeness (QED) is 0.387. The van der Waals surface area contributed by atoms with Crippen LogP contribution in [-0.4, -0.2) is 71.8 Å². The van der Waals surface area contributed by atoms with Gasteiger partial charge in [0.1, 0.15) is 23.5 Å². The molecule has 13 heteroatoms. The van der Waals surface area contributed by atoms with E-state index in [0.717, 1.165) is 0 Å². The topological polar surface area (TPSA) is 184 Å². The molecule has 2 aliphatic rings. The number of carbonyl (C=O) groups excluding carboxylic acids is 2. The molecule has 0 spiro atoms. The number of nitrogens with one attached hydrogen (secondary N) is 3. The van der Waals surface area contributed by atoms with E-state index < -0.39 is 64.1 Å². The molecule has 2 fully saturated rings. The molecule has 2 amide bonds. The van der Waals surface area contributed by atoms with Gasteiger partial charge in [0.05, 0.1) is 5.92 Å². The normalized spacial score (nSPS) is 30.1. The van der Waals surface area contributed by atoms with Crippen molar-refractivity contribution in [2.24, 2.45) is 17.8 Å². The minimum Gasteiger partial charge on any atom is -0.481 e. The molecular weight excluding hydrogens is 430 g/mol.